The van der Waals surface area contributed by atoms with Crippen molar-refractivity contribution in [2.45, 2.75) is 40.0 Å². The molecule has 1 heterocycles. The molecule has 6 nitrogen and oxygen atoms in total. The van der Waals surface area contributed by atoms with Gasteiger partial charge in [-0.25, -0.2) is 9.18 Å². The Balaban J connectivity index is 1.65. The molecule has 0 fully saturated rings. The fraction of sp³-hybridized carbons (Fsp3) is 0.321. The third-order valence-corrected chi connectivity index (χ3v) is 7.76. The van der Waals surface area contributed by atoms with Crippen LogP contribution in [0.15, 0.2) is 48.5 Å². The van der Waals surface area contributed by atoms with Gasteiger partial charge in [-0.1, -0.05) is 26.8 Å². The molecule has 1 aliphatic carbocycles. The summed E-state index contributed by atoms with van der Waals surface area (Å²) in [5.74, 6) is -1.33. The van der Waals surface area contributed by atoms with Crippen LogP contribution in [-0.4, -0.2) is 24.9 Å². The third kappa shape index (κ3) is 5.49. The summed E-state index contributed by atoms with van der Waals surface area (Å²) in [5.41, 5.74) is 2.57. The average molecular weight is 509 g/mol. The van der Waals surface area contributed by atoms with Crippen LogP contribution >= 0.6 is 11.3 Å². The maximum atomic E-state index is 13.7. The van der Waals surface area contributed by atoms with Crippen LogP contribution in [0, 0.1) is 17.2 Å². The van der Waals surface area contributed by atoms with Gasteiger partial charge in [0.05, 0.1) is 18.2 Å². The zero-order chi connectivity index (χ0) is 26.0. The first-order valence-electron chi connectivity index (χ1n) is 11.8. The first-order valence-corrected chi connectivity index (χ1v) is 12.6. The summed E-state index contributed by atoms with van der Waals surface area (Å²) in [4.78, 5) is 39.2. The van der Waals surface area contributed by atoms with Gasteiger partial charge in [0.2, 0.25) is 0 Å². The molecule has 8 heteroatoms. The van der Waals surface area contributed by atoms with Crippen LogP contribution in [0.2, 0.25) is 0 Å². The number of esters is 1. The van der Waals surface area contributed by atoms with Crippen molar-refractivity contribution in [2.75, 3.05) is 17.7 Å². The molecular weight excluding hydrogens is 479 g/mol. The first kappa shape index (κ1) is 25.6. The molecular formula is C28H29FN2O4S. The summed E-state index contributed by atoms with van der Waals surface area (Å²) >= 11 is 1.41. The molecule has 2 aromatic carbocycles. The van der Waals surface area contributed by atoms with Crippen LogP contribution in [0.4, 0.5) is 15.1 Å². The minimum absolute atomic E-state index is 0.121. The lowest BCUT2D eigenvalue weighted by Crippen LogP contribution is -2.27. The maximum Gasteiger partial charge on any atom is 0.337 e. The standard InChI is InChI=1S/C28H29FN2O4S/c1-28(2,3)18-10-13-21-22(15-18)36-26(31-24(32)17-6-5-7-19(29)14-17)23(21)25(33)30-20-11-8-16(9-12-20)27(34)35-4/h5-9,11-12,14,18H,10,13,15H2,1-4H3,(H,30,33)(H,31,32). The van der Waals surface area contributed by atoms with E-state index in [1.165, 1.54) is 42.7 Å². The van der Waals surface area contributed by atoms with Crippen molar-refractivity contribution in [3.05, 3.63) is 81.5 Å². The molecule has 3 aromatic rings. The topological polar surface area (TPSA) is 84.5 Å². The van der Waals surface area contributed by atoms with E-state index in [1.54, 1.807) is 24.3 Å². The minimum atomic E-state index is -0.505. The highest BCUT2D eigenvalue weighted by molar-refractivity contribution is 7.17. The molecule has 1 aromatic heterocycles. The Hall–Kier alpha value is -3.52. The largest absolute Gasteiger partial charge is 0.465 e. The molecule has 0 bridgehead atoms. The van der Waals surface area contributed by atoms with E-state index in [9.17, 15) is 18.8 Å². The molecule has 2 amide bonds. The van der Waals surface area contributed by atoms with Gasteiger partial charge in [-0.2, -0.15) is 0 Å². The number of carbonyl (C=O) groups is 3. The van der Waals surface area contributed by atoms with Crippen molar-refractivity contribution in [2.24, 2.45) is 11.3 Å². The number of halogens is 1. The van der Waals surface area contributed by atoms with Crippen molar-refractivity contribution >= 4 is 39.8 Å². The number of hydrogen-bond acceptors (Lipinski definition) is 5. The second-order valence-corrected chi connectivity index (χ2v) is 11.1. The molecule has 0 aliphatic heterocycles. The second kappa shape index (κ2) is 10.2. The third-order valence-electron chi connectivity index (χ3n) is 6.59. The highest BCUT2D eigenvalue weighted by Gasteiger charge is 2.34. The fourth-order valence-electron chi connectivity index (χ4n) is 4.46. The fourth-order valence-corrected chi connectivity index (χ4v) is 5.78. The van der Waals surface area contributed by atoms with Gasteiger partial charge in [-0.15, -0.1) is 11.3 Å². The van der Waals surface area contributed by atoms with Gasteiger partial charge >= 0.3 is 5.97 Å². The Morgan fingerprint density at radius 1 is 1.00 bits per heavy atom. The van der Waals surface area contributed by atoms with Crippen LogP contribution < -0.4 is 10.6 Å². The molecule has 1 aliphatic rings. The number of benzene rings is 2. The van der Waals surface area contributed by atoms with Gasteiger partial charge in [-0.3, -0.25) is 9.59 Å². The van der Waals surface area contributed by atoms with Gasteiger partial charge in [0.25, 0.3) is 11.8 Å². The predicted molar refractivity (Wildman–Crippen MR) is 139 cm³/mol. The normalized spacial score (nSPS) is 15.1. The Labute approximate surface area is 213 Å². The Kier molecular flexibility index (Phi) is 7.26. The van der Waals surface area contributed by atoms with E-state index in [4.69, 9.17) is 4.74 Å². The van der Waals surface area contributed by atoms with E-state index in [2.05, 4.69) is 31.4 Å². The Morgan fingerprint density at radius 2 is 1.72 bits per heavy atom. The van der Waals surface area contributed by atoms with Gasteiger partial charge in [0.1, 0.15) is 10.8 Å². The van der Waals surface area contributed by atoms with E-state index in [0.717, 1.165) is 29.7 Å². The molecule has 4 rings (SSSR count). The molecule has 0 radical (unpaired) electrons. The summed E-state index contributed by atoms with van der Waals surface area (Å²) < 4.78 is 18.4. The zero-order valence-corrected chi connectivity index (χ0v) is 21.6. The Morgan fingerprint density at radius 3 is 2.36 bits per heavy atom. The average Bonchev–Trinajstić information content (AvgIpc) is 3.20. The van der Waals surface area contributed by atoms with Crippen molar-refractivity contribution < 1.29 is 23.5 Å². The number of rotatable bonds is 5. The summed E-state index contributed by atoms with van der Waals surface area (Å²) in [6, 6.07) is 11.9. The maximum absolute atomic E-state index is 13.7. The number of hydrogen-bond donors (Lipinski definition) is 2. The summed E-state index contributed by atoms with van der Waals surface area (Å²) in [6.45, 7) is 6.65. The minimum Gasteiger partial charge on any atom is -0.465 e. The van der Waals surface area contributed by atoms with Crippen LogP contribution in [0.1, 0.15) is 68.7 Å². The lowest BCUT2D eigenvalue weighted by molar-refractivity contribution is 0.0600. The molecule has 36 heavy (non-hydrogen) atoms. The van der Waals surface area contributed by atoms with Crippen molar-refractivity contribution in [3.8, 4) is 0 Å². The van der Waals surface area contributed by atoms with Crippen molar-refractivity contribution in [3.63, 3.8) is 0 Å². The molecule has 2 N–H and O–H groups in total. The van der Waals surface area contributed by atoms with E-state index in [-0.39, 0.29) is 16.9 Å². The number of nitrogens with one attached hydrogen (secondary N) is 2. The number of amides is 2. The molecule has 1 atom stereocenters. The number of fused-ring (bicyclic) bond motifs is 1. The van der Waals surface area contributed by atoms with Gasteiger partial charge < -0.3 is 15.4 Å². The molecule has 1 unspecified atom stereocenters. The van der Waals surface area contributed by atoms with Gasteiger partial charge in [0, 0.05) is 16.1 Å². The SMILES string of the molecule is COC(=O)c1ccc(NC(=O)c2c(NC(=O)c3cccc(F)c3)sc3c2CCC(C(C)(C)C)C3)cc1. The van der Waals surface area contributed by atoms with E-state index in [1.807, 2.05) is 0 Å². The Bertz CT molecular complexity index is 1310. The highest BCUT2D eigenvalue weighted by Crippen LogP contribution is 2.44. The van der Waals surface area contributed by atoms with Crippen LogP contribution in [0.3, 0.4) is 0 Å². The summed E-state index contributed by atoms with van der Waals surface area (Å²) in [6.07, 6.45) is 2.50. The number of carbonyl (C=O) groups excluding carboxylic acids is 3. The lowest BCUT2D eigenvalue weighted by atomic mass is 9.72. The number of anilines is 2. The molecule has 0 saturated carbocycles. The molecule has 188 valence electrons. The number of thiophene rings is 1. The number of ether oxygens (including phenoxy) is 1. The van der Waals surface area contributed by atoms with E-state index < -0.39 is 17.7 Å². The van der Waals surface area contributed by atoms with E-state index >= 15 is 0 Å². The monoisotopic (exact) mass is 508 g/mol. The van der Waals surface area contributed by atoms with Gasteiger partial charge in [-0.05, 0) is 78.6 Å². The quantitative estimate of drug-likeness (QED) is 0.395. The smallest absolute Gasteiger partial charge is 0.337 e. The second-order valence-electron chi connectivity index (χ2n) is 10.0. The van der Waals surface area contributed by atoms with E-state index in [0.29, 0.717) is 27.7 Å². The lowest BCUT2D eigenvalue weighted by Gasteiger charge is -2.33. The van der Waals surface area contributed by atoms with Crippen LogP contribution in [0.25, 0.3) is 0 Å². The summed E-state index contributed by atoms with van der Waals surface area (Å²) in [7, 11) is 1.31. The van der Waals surface area contributed by atoms with Crippen LogP contribution in [0.5, 0.6) is 0 Å². The van der Waals surface area contributed by atoms with Crippen LogP contribution in [-0.2, 0) is 17.6 Å². The molecule has 0 saturated heterocycles. The number of methoxy groups -OCH3 is 1. The van der Waals surface area contributed by atoms with Gasteiger partial charge in [0.15, 0.2) is 0 Å². The predicted octanol–water partition coefficient (Wildman–Crippen LogP) is 6.33. The zero-order valence-electron chi connectivity index (χ0n) is 20.7. The van der Waals surface area contributed by atoms with Crippen molar-refractivity contribution in [1.82, 2.24) is 0 Å². The van der Waals surface area contributed by atoms with Crippen molar-refractivity contribution in [1.29, 1.82) is 0 Å². The molecule has 0 spiro atoms. The highest BCUT2D eigenvalue weighted by atomic mass is 32.1. The summed E-state index contributed by atoms with van der Waals surface area (Å²) in [5, 5.41) is 6.19. The first-order chi connectivity index (χ1) is 17.1.